The number of aliphatic imine (C=N–C) groups is 1. The van der Waals surface area contributed by atoms with Crippen molar-refractivity contribution in [2.24, 2.45) is 4.99 Å². The number of likely N-dealkylation sites (N-methyl/N-ethyl adjacent to an activating group) is 1. The molecule has 1 atom stereocenters. The van der Waals surface area contributed by atoms with Crippen LogP contribution in [0.4, 0.5) is 0 Å². The molecule has 1 fully saturated rings. The third-order valence-electron chi connectivity index (χ3n) is 2.30. The molecule has 1 heterocycles. The van der Waals surface area contributed by atoms with E-state index in [1.165, 1.54) is 0 Å². The van der Waals surface area contributed by atoms with Crippen molar-refractivity contribution in [1.29, 1.82) is 0 Å². The van der Waals surface area contributed by atoms with Crippen LogP contribution in [0.5, 0.6) is 0 Å². The summed E-state index contributed by atoms with van der Waals surface area (Å²) in [6.45, 7) is 4.15. The van der Waals surface area contributed by atoms with Crippen LogP contribution in [-0.4, -0.2) is 36.7 Å². The number of carbonyl (C=O) groups is 1. The Hall–Kier alpha value is -1.30. The lowest BCUT2D eigenvalue weighted by Crippen LogP contribution is -2.36. The minimum absolute atomic E-state index is 0.00421. The Kier molecular flexibility index (Phi) is 2.18. The van der Waals surface area contributed by atoms with Crippen molar-refractivity contribution in [3.8, 4) is 12.3 Å². The van der Waals surface area contributed by atoms with Crippen molar-refractivity contribution >= 4 is 12.6 Å². The predicted molar refractivity (Wildman–Crippen MR) is 48.0 cm³/mol. The number of carbonyl (C=O) groups excluding carboxylic acids is 1. The molecule has 3 nitrogen and oxygen atoms in total. The fourth-order valence-corrected chi connectivity index (χ4v) is 1.45. The third kappa shape index (κ3) is 1.10. The van der Waals surface area contributed by atoms with E-state index in [1.54, 1.807) is 11.9 Å². The summed E-state index contributed by atoms with van der Waals surface area (Å²) in [7, 11) is 1.76. The van der Waals surface area contributed by atoms with Crippen LogP contribution in [-0.2, 0) is 4.79 Å². The first-order valence-electron chi connectivity index (χ1n) is 3.83. The molecule has 1 aliphatic heterocycles. The molecule has 3 heteroatoms. The van der Waals surface area contributed by atoms with Gasteiger partial charge >= 0.3 is 0 Å². The smallest absolute Gasteiger partial charge is 0.251 e. The molecule has 0 spiro atoms. The molecule has 1 aliphatic rings. The maximum Gasteiger partial charge on any atom is 0.251 e. The summed E-state index contributed by atoms with van der Waals surface area (Å²) in [5.41, 5.74) is -0.719. The molecule has 1 unspecified atom stereocenters. The number of terminal acetylenes is 1. The van der Waals surface area contributed by atoms with Gasteiger partial charge in [-0.05, 0) is 6.72 Å². The second-order valence-corrected chi connectivity index (χ2v) is 3.05. The summed E-state index contributed by atoms with van der Waals surface area (Å²) in [5, 5.41) is 0. The quantitative estimate of drug-likeness (QED) is 0.427. The standard InChI is InChI=1S/C9H12N2O/c1-4-5-9(10-2)6-7-11(3)8(9)12/h1H,2,5-7H2,3H3. The van der Waals surface area contributed by atoms with E-state index in [0.717, 1.165) is 6.54 Å². The van der Waals surface area contributed by atoms with Gasteiger partial charge in [0.05, 0.1) is 0 Å². The molecule has 12 heavy (non-hydrogen) atoms. The van der Waals surface area contributed by atoms with E-state index in [1.807, 2.05) is 0 Å². The molecule has 64 valence electrons. The van der Waals surface area contributed by atoms with Crippen LogP contribution in [0.1, 0.15) is 12.8 Å². The van der Waals surface area contributed by atoms with E-state index in [9.17, 15) is 4.79 Å². The Labute approximate surface area is 72.5 Å². The number of hydrogen-bond donors (Lipinski definition) is 0. The minimum Gasteiger partial charge on any atom is -0.344 e. The Morgan fingerprint density at radius 2 is 2.58 bits per heavy atom. The topological polar surface area (TPSA) is 32.7 Å². The molecule has 0 aromatic heterocycles. The van der Waals surface area contributed by atoms with E-state index in [4.69, 9.17) is 6.42 Å². The van der Waals surface area contributed by atoms with Crippen molar-refractivity contribution in [2.45, 2.75) is 18.4 Å². The highest BCUT2D eigenvalue weighted by atomic mass is 16.2. The van der Waals surface area contributed by atoms with Crippen LogP contribution in [0.15, 0.2) is 4.99 Å². The lowest BCUT2D eigenvalue weighted by molar-refractivity contribution is -0.130. The van der Waals surface area contributed by atoms with E-state index in [0.29, 0.717) is 12.8 Å². The molecule has 1 rings (SSSR count). The Balaban J connectivity index is 2.89. The number of amides is 1. The molecule has 0 bridgehead atoms. The van der Waals surface area contributed by atoms with Crippen LogP contribution in [0.2, 0.25) is 0 Å². The summed E-state index contributed by atoms with van der Waals surface area (Å²) in [5.74, 6) is 2.47. The number of hydrogen-bond acceptors (Lipinski definition) is 2. The number of likely N-dealkylation sites (tertiary alicyclic amines) is 1. The second-order valence-electron chi connectivity index (χ2n) is 3.05. The Morgan fingerprint density at radius 1 is 1.92 bits per heavy atom. The van der Waals surface area contributed by atoms with Gasteiger partial charge in [0.1, 0.15) is 0 Å². The zero-order valence-electron chi connectivity index (χ0n) is 7.21. The first-order valence-corrected chi connectivity index (χ1v) is 3.83. The monoisotopic (exact) mass is 164 g/mol. The van der Waals surface area contributed by atoms with Gasteiger partial charge in [-0.3, -0.25) is 9.79 Å². The highest BCUT2D eigenvalue weighted by molar-refractivity contribution is 5.89. The Bertz CT molecular complexity index is 254. The van der Waals surface area contributed by atoms with Crippen LogP contribution in [0, 0.1) is 12.3 Å². The van der Waals surface area contributed by atoms with E-state index in [-0.39, 0.29) is 5.91 Å². The van der Waals surface area contributed by atoms with Gasteiger partial charge < -0.3 is 4.90 Å². The molecule has 0 N–H and O–H groups in total. The molecule has 0 aliphatic carbocycles. The molecule has 0 radical (unpaired) electrons. The normalized spacial score (nSPS) is 28.7. The van der Waals surface area contributed by atoms with Crippen LogP contribution < -0.4 is 0 Å². The van der Waals surface area contributed by atoms with Crippen LogP contribution >= 0.6 is 0 Å². The number of rotatable bonds is 2. The van der Waals surface area contributed by atoms with Crippen molar-refractivity contribution < 1.29 is 4.79 Å². The van der Waals surface area contributed by atoms with Crippen molar-refractivity contribution in [3.63, 3.8) is 0 Å². The van der Waals surface area contributed by atoms with E-state index >= 15 is 0 Å². The summed E-state index contributed by atoms with van der Waals surface area (Å²) < 4.78 is 0. The zero-order valence-corrected chi connectivity index (χ0v) is 7.21. The van der Waals surface area contributed by atoms with Crippen molar-refractivity contribution in [3.05, 3.63) is 0 Å². The maximum absolute atomic E-state index is 11.5. The molecule has 1 saturated heterocycles. The third-order valence-corrected chi connectivity index (χ3v) is 2.30. The summed E-state index contributed by atoms with van der Waals surface area (Å²) in [6, 6.07) is 0. The van der Waals surface area contributed by atoms with Crippen molar-refractivity contribution in [1.82, 2.24) is 4.90 Å². The van der Waals surface area contributed by atoms with Gasteiger partial charge in [0.2, 0.25) is 0 Å². The average molecular weight is 164 g/mol. The van der Waals surface area contributed by atoms with Gasteiger partial charge in [0, 0.05) is 26.4 Å². The molecule has 0 aromatic rings. The predicted octanol–water partition coefficient (Wildman–Crippen LogP) is 0.311. The SMILES string of the molecule is C#CCC1(N=C)CCN(C)C1=O. The largest absolute Gasteiger partial charge is 0.344 e. The van der Waals surface area contributed by atoms with Gasteiger partial charge in [-0.15, -0.1) is 12.3 Å². The van der Waals surface area contributed by atoms with Crippen molar-refractivity contribution in [2.75, 3.05) is 13.6 Å². The van der Waals surface area contributed by atoms with Gasteiger partial charge in [0.15, 0.2) is 5.54 Å². The highest BCUT2D eigenvalue weighted by Gasteiger charge is 2.43. The molecule has 1 amide bonds. The molecular weight excluding hydrogens is 152 g/mol. The zero-order chi connectivity index (χ0) is 9.19. The van der Waals surface area contributed by atoms with Gasteiger partial charge in [-0.25, -0.2) is 0 Å². The fourth-order valence-electron chi connectivity index (χ4n) is 1.45. The van der Waals surface area contributed by atoms with E-state index in [2.05, 4.69) is 17.6 Å². The highest BCUT2D eigenvalue weighted by Crippen LogP contribution is 2.28. The lowest BCUT2D eigenvalue weighted by Gasteiger charge is -2.18. The summed E-state index contributed by atoms with van der Waals surface area (Å²) >= 11 is 0. The van der Waals surface area contributed by atoms with Gasteiger partial charge in [-0.2, -0.15) is 0 Å². The average Bonchev–Trinajstić information content (AvgIpc) is 2.35. The Morgan fingerprint density at radius 3 is 2.92 bits per heavy atom. The first kappa shape index (κ1) is 8.79. The molecular formula is C9H12N2O. The fraction of sp³-hybridized carbons (Fsp3) is 0.556. The minimum atomic E-state index is -0.719. The number of nitrogens with zero attached hydrogens (tertiary/aromatic N) is 2. The summed E-state index contributed by atoms with van der Waals surface area (Å²) in [4.78, 5) is 17.0. The van der Waals surface area contributed by atoms with Crippen LogP contribution in [0.3, 0.4) is 0 Å². The molecule has 0 saturated carbocycles. The molecule has 0 aromatic carbocycles. The maximum atomic E-state index is 11.5. The second kappa shape index (κ2) is 2.98. The summed E-state index contributed by atoms with van der Waals surface area (Å²) in [6.07, 6.45) is 6.22. The van der Waals surface area contributed by atoms with E-state index < -0.39 is 5.54 Å². The van der Waals surface area contributed by atoms with Gasteiger partial charge in [0.25, 0.3) is 5.91 Å². The van der Waals surface area contributed by atoms with Crippen LogP contribution in [0.25, 0.3) is 0 Å². The first-order chi connectivity index (χ1) is 5.66. The van der Waals surface area contributed by atoms with Gasteiger partial charge in [-0.1, -0.05) is 0 Å². The lowest BCUT2D eigenvalue weighted by atomic mass is 9.95.